The maximum atomic E-state index is 9.37. The number of aliphatic hydroxyl groups is 1. The lowest BCUT2D eigenvalue weighted by Crippen LogP contribution is -2.35. The third kappa shape index (κ3) is 4.78. The van der Waals surface area contributed by atoms with E-state index in [9.17, 15) is 5.11 Å². The highest BCUT2D eigenvalue weighted by atomic mass is 79.9. The number of hydrogen-bond donors (Lipinski definition) is 2. The first-order valence-electron chi connectivity index (χ1n) is 6.16. The van der Waals surface area contributed by atoms with Crippen molar-refractivity contribution in [2.45, 2.75) is 39.3 Å². The van der Waals surface area contributed by atoms with Crippen LogP contribution in [0.3, 0.4) is 0 Å². The molecule has 0 saturated heterocycles. The lowest BCUT2D eigenvalue weighted by Gasteiger charge is -2.24. The van der Waals surface area contributed by atoms with E-state index >= 15 is 0 Å². The SMILES string of the molecule is CC(C)CC(CO)NC(C)c1ccccc1Br. The maximum absolute atomic E-state index is 9.37. The molecule has 0 amide bonds. The smallest absolute Gasteiger partial charge is 0.0584 e. The zero-order chi connectivity index (χ0) is 12.8. The Morgan fingerprint density at radius 3 is 2.41 bits per heavy atom. The third-order valence-corrected chi connectivity index (χ3v) is 3.56. The second-order valence-electron chi connectivity index (χ2n) is 4.92. The Hall–Kier alpha value is -0.380. The predicted octanol–water partition coefficient (Wildman–Crippen LogP) is 3.51. The van der Waals surface area contributed by atoms with Crippen molar-refractivity contribution in [2.75, 3.05) is 6.61 Å². The molecule has 2 nitrogen and oxygen atoms in total. The average Bonchev–Trinajstić information content (AvgIpc) is 2.27. The van der Waals surface area contributed by atoms with E-state index in [1.807, 2.05) is 18.2 Å². The molecule has 0 saturated carbocycles. The van der Waals surface area contributed by atoms with Crippen LogP contribution in [0, 0.1) is 5.92 Å². The van der Waals surface area contributed by atoms with Gasteiger partial charge in [0.1, 0.15) is 0 Å². The van der Waals surface area contributed by atoms with Crippen LogP contribution < -0.4 is 5.32 Å². The van der Waals surface area contributed by atoms with Crippen LogP contribution in [0.4, 0.5) is 0 Å². The van der Waals surface area contributed by atoms with Gasteiger partial charge in [0.15, 0.2) is 0 Å². The van der Waals surface area contributed by atoms with Crippen molar-refractivity contribution < 1.29 is 5.11 Å². The summed E-state index contributed by atoms with van der Waals surface area (Å²) in [5.74, 6) is 0.589. The molecule has 3 heteroatoms. The van der Waals surface area contributed by atoms with Gasteiger partial charge in [0.25, 0.3) is 0 Å². The van der Waals surface area contributed by atoms with Gasteiger partial charge in [-0.15, -0.1) is 0 Å². The fourth-order valence-electron chi connectivity index (χ4n) is 2.03. The van der Waals surface area contributed by atoms with Crippen molar-refractivity contribution in [2.24, 2.45) is 5.92 Å². The molecule has 1 rings (SSSR count). The van der Waals surface area contributed by atoms with Crippen LogP contribution in [0.25, 0.3) is 0 Å². The van der Waals surface area contributed by atoms with Crippen LogP contribution in [0.2, 0.25) is 0 Å². The third-order valence-electron chi connectivity index (χ3n) is 2.83. The molecule has 1 aromatic rings. The Labute approximate surface area is 113 Å². The predicted molar refractivity (Wildman–Crippen MR) is 76.0 cm³/mol. The molecule has 17 heavy (non-hydrogen) atoms. The summed E-state index contributed by atoms with van der Waals surface area (Å²) in [5.41, 5.74) is 1.23. The number of hydrogen-bond acceptors (Lipinski definition) is 2. The fourth-order valence-corrected chi connectivity index (χ4v) is 2.66. The highest BCUT2D eigenvalue weighted by Gasteiger charge is 2.15. The van der Waals surface area contributed by atoms with E-state index in [2.05, 4.69) is 48.1 Å². The molecule has 0 heterocycles. The van der Waals surface area contributed by atoms with Gasteiger partial charge in [-0.3, -0.25) is 0 Å². The van der Waals surface area contributed by atoms with Crippen molar-refractivity contribution in [3.05, 3.63) is 34.3 Å². The van der Waals surface area contributed by atoms with Gasteiger partial charge >= 0.3 is 0 Å². The molecular formula is C14H22BrNO. The fraction of sp³-hybridized carbons (Fsp3) is 0.571. The molecule has 0 aliphatic carbocycles. The summed E-state index contributed by atoms with van der Waals surface area (Å²) in [4.78, 5) is 0. The van der Waals surface area contributed by atoms with Crippen molar-refractivity contribution in [3.8, 4) is 0 Å². The minimum atomic E-state index is 0.164. The maximum Gasteiger partial charge on any atom is 0.0584 e. The quantitative estimate of drug-likeness (QED) is 0.842. The number of benzene rings is 1. The number of rotatable bonds is 6. The van der Waals surface area contributed by atoms with E-state index in [1.54, 1.807) is 0 Å². The van der Waals surface area contributed by atoms with E-state index in [-0.39, 0.29) is 18.7 Å². The summed E-state index contributed by atoms with van der Waals surface area (Å²) in [7, 11) is 0. The summed E-state index contributed by atoms with van der Waals surface area (Å²) in [6, 6.07) is 8.60. The second kappa shape index (κ2) is 7.14. The van der Waals surface area contributed by atoms with Crippen LogP contribution in [-0.4, -0.2) is 17.8 Å². The van der Waals surface area contributed by atoms with Crippen LogP contribution >= 0.6 is 15.9 Å². The van der Waals surface area contributed by atoms with Crippen LogP contribution in [-0.2, 0) is 0 Å². The molecule has 96 valence electrons. The molecular weight excluding hydrogens is 278 g/mol. The Kier molecular flexibility index (Phi) is 6.17. The molecule has 0 radical (unpaired) electrons. The van der Waals surface area contributed by atoms with E-state index in [4.69, 9.17) is 0 Å². The molecule has 0 spiro atoms. The minimum Gasteiger partial charge on any atom is -0.395 e. The van der Waals surface area contributed by atoms with E-state index in [1.165, 1.54) is 5.56 Å². The first-order valence-corrected chi connectivity index (χ1v) is 6.95. The summed E-state index contributed by atoms with van der Waals surface area (Å²) in [6.45, 7) is 6.66. The molecule has 0 fully saturated rings. The highest BCUT2D eigenvalue weighted by molar-refractivity contribution is 9.10. The van der Waals surface area contributed by atoms with Crippen LogP contribution in [0.15, 0.2) is 28.7 Å². The van der Waals surface area contributed by atoms with Gasteiger partial charge in [0, 0.05) is 16.6 Å². The van der Waals surface area contributed by atoms with E-state index in [0.29, 0.717) is 5.92 Å². The molecule has 1 aromatic carbocycles. The lowest BCUT2D eigenvalue weighted by atomic mass is 10.0. The Morgan fingerprint density at radius 1 is 1.24 bits per heavy atom. The van der Waals surface area contributed by atoms with Gasteiger partial charge < -0.3 is 10.4 Å². The monoisotopic (exact) mass is 299 g/mol. The zero-order valence-corrected chi connectivity index (χ0v) is 12.4. The molecule has 0 aliphatic rings. The van der Waals surface area contributed by atoms with Gasteiger partial charge in [-0.05, 0) is 30.9 Å². The van der Waals surface area contributed by atoms with Gasteiger partial charge in [-0.25, -0.2) is 0 Å². The summed E-state index contributed by atoms with van der Waals surface area (Å²) < 4.78 is 1.11. The topological polar surface area (TPSA) is 32.3 Å². The van der Waals surface area contributed by atoms with Gasteiger partial charge in [-0.1, -0.05) is 48.0 Å². The van der Waals surface area contributed by atoms with E-state index < -0.39 is 0 Å². The molecule has 2 unspecified atom stereocenters. The number of aliphatic hydroxyl groups excluding tert-OH is 1. The van der Waals surface area contributed by atoms with Gasteiger partial charge in [0.2, 0.25) is 0 Å². The lowest BCUT2D eigenvalue weighted by molar-refractivity contribution is 0.215. The van der Waals surface area contributed by atoms with Crippen molar-refractivity contribution in [3.63, 3.8) is 0 Å². The molecule has 0 aromatic heterocycles. The minimum absolute atomic E-state index is 0.164. The van der Waals surface area contributed by atoms with Crippen molar-refractivity contribution in [1.29, 1.82) is 0 Å². The summed E-state index contributed by atoms with van der Waals surface area (Å²) >= 11 is 3.56. The normalized spacial score (nSPS) is 14.9. The zero-order valence-electron chi connectivity index (χ0n) is 10.8. The summed E-state index contributed by atoms with van der Waals surface area (Å²) in [6.07, 6.45) is 0.991. The Balaban J connectivity index is 2.64. The number of halogens is 1. The van der Waals surface area contributed by atoms with Crippen LogP contribution in [0.1, 0.15) is 38.8 Å². The summed E-state index contributed by atoms with van der Waals surface area (Å²) in [5, 5.41) is 12.8. The van der Waals surface area contributed by atoms with Crippen molar-refractivity contribution in [1.82, 2.24) is 5.32 Å². The largest absolute Gasteiger partial charge is 0.395 e. The average molecular weight is 300 g/mol. The second-order valence-corrected chi connectivity index (χ2v) is 5.77. The van der Waals surface area contributed by atoms with Crippen molar-refractivity contribution >= 4 is 15.9 Å². The Morgan fingerprint density at radius 2 is 1.88 bits per heavy atom. The Bertz CT molecular complexity index is 341. The molecule has 0 aliphatic heterocycles. The molecule has 2 N–H and O–H groups in total. The van der Waals surface area contributed by atoms with E-state index in [0.717, 1.165) is 10.9 Å². The molecule has 2 atom stereocenters. The standard InChI is InChI=1S/C14H22BrNO/c1-10(2)8-12(9-17)16-11(3)13-6-4-5-7-14(13)15/h4-7,10-12,16-17H,8-9H2,1-3H3. The molecule has 0 bridgehead atoms. The first kappa shape index (κ1) is 14.7. The number of nitrogens with one attached hydrogen (secondary N) is 1. The van der Waals surface area contributed by atoms with Gasteiger partial charge in [0.05, 0.1) is 6.61 Å². The van der Waals surface area contributed by atoms with Crippen LogP contribution in [0.5, 0.6) is 0 Å². The highest BCUT2D eigenvalue weighted by Crippen LogP contribution is 2.23. The first-order chi connectivity index (χ1) is 8.04. The van der Waals surface area contributed by atoms with Gasteiger partial charge in [-0.2, -0.15) is 0 Å².